The molecule has 0 aromatic heterocycles. The molecule has 1 aliphatic carbocycles. The maximum absolute atomic E-state index is 11.0. The summed E-state index contributed by atoms with van der Waals surface area (Å²) in [6.07, 6.45) is 1.31. The molecule has 74 valence electrons. The molecule has 4 heteroatoms. The highest BCUT2D eigenvalue weighted by Gasteiger charge is 2.27. The lowest BCUT2D eigenvalue weighted by Crippen LogP contribution is -2.38. The molecule has 0 aromatic rings. The molecule has 1 aliphatic rings. The fraction of sp³-hybridized carbons (Fsp3) is 0.778. The van der Waals surface area contributed by atoms with Crippen LogP contribution in [0.4, 0.5) is 0 Å². The van der Waals surface area contributed by atoms with Crippen LogP contribution in [0, 0.1) is 5.92 Å². The van der Waals surface area contributed by atoms with Crippen LogP contribution in [0.5, 0.6) is 0 Å². The van der Waals surface area contributed by atoms with Crippen molar-refractivity contribution < 1.29 is 14.7 Å². The van der Waals surface area contributed by atoms with Crippen molar-refractivity contribution in [2.75, 3.05) is 6.54 Å². The summed E-state index contributed by atoms with van der Waals surface area (Å²) in [5, 5.41) is 11.6. The highest BCUT2D eigenvalue weighted by atomic mass is 16.3. The Balaban J connectivity index is 2.05. The third-order valence-electron chi connectivity index (χ3n) is 2.21. The van der Waals surface area contributed by atoms with Crippen LogP contribution in [0.3, 0.4) is 0 Å². The predicted octanol–water partition coefficient (Wildman–Crippen LogP) is -0.147. The summed E-state index contributed by atoms with van der Waals surface area (Å²) < 4.78 is 0. The largest absolute Gasteiger partial charge is 0.393 e. The first-order valence-electron chi connectivity index (χ1n) is 4.52. The van der Waals surface area contributed by atoms with Crippen molar-refractivity contribution in [1.29, 1.82) is 0 Å². The Labute approximate surface area is 77.3 Å². The van der Waals surface area contributed by atoms with Crippen LogP contribution in [-0.4, -0.2) is 29.4 Å². The normalized spacial score (nSPS) is 26.3. The summed E-state index contributed by atoms with van der Waals surface area (Å²) in [5.74, 6) is 0.0611. The van der Waals surface area contributed by atoms with Crippen molar-refractivity contribution in [3.8, 4) is 0 Å². The number of Topliss-reactive ketones (excluding diaryl/α,β-unsaturated/α-hetero) is 1. The first-order chi connectivity index (χ1) is 6.08. The molecular formula is C9H15NO3. The van der Waals surface area contributed by atoms with E-state index in [1.165, 1.54) is 6.92 Å². The number of carbonyl (C=O) groups excluding carboxylic acids is 2. The maximum Gasteiger partial charge on any atom is 0.227 e. The van der Waals surface area contributed by atoms with E-state index < -0.39 is 0 Å². The Hall–Kier alpha value is -0.900. The van der Waals surface area contributed by atoms with Crippen molar-refractivity contribution in [3.63, 3.8) is 0 Å². The number of carbonyl (C=O) groups is 2. The number of nitrogens with one attached hydrogen (secondary N) is 1. The second kappa shape index (κ2) is 4.37. The molecule has 0 unspecified atom stereocenters. The zero-order valence-electron chi connectivity index (χ0n) is 7.75. The monoisotopic (exact) mass is 185 g/mol. The lowest BCUT2D eigenvalue weighted by molar-refractivity contribution is -0.127. The first kappa shape index (κ1) is 10.2. The lowest BCUT2D eigenvalue weighted by Gasteiger charge is -2.31. The van der Waals surface area contributed by atoms with Crippen LogP contribution >= 0.6 is 0 Å². The number of ketones is 1. The van der Waals surface area contributed by atoms with Gasteiger partial charge in [-0.25, -0.2) is 0 Å². The molecule has 0 aromatic carbocycles. The van der Waals surface area contributed by atoms with Gasteiger partial charge in [-0.05, 0) is 25.7 Å². The third kappa shape index (κ3) is 3.55. The Morgan fingerprint density at radius 1 is 1.46 bits per heavy atom. The Morgan fingerprint density at radius 3 is 2.54 bits per heavy atom. The molecule has 0 aliphatic heterocycles. The molecule has 2 N–H and O–H groups in total. The minimum Gasteiger partial charge on any atom is -0.393 e. The SMILES string of the molecule is CC(=O)CC(=O)NCC1CC(O)C1. The van der Waals surface area contributed by atoms with Gasteiger partial charge in [0.2, 0.25) is 5.91 Å². The van der Waals surface area contributed by atoms with E-state index in [2.05, 4.69) is 5.32 Å². The summed E-state index contributed by atoms with van der Waals surface area (Å²) in [4.78, 5) is 21.5. The van der Waals surface area contributed by atoms with Crippen LogP contribution in [0.1, 0.15) is 26.2 Å². The van der Waals surface area contributed by atoms with Crippen LogP contribution < -0.4 is 5.32 Å². The summed E-state index contributed by atoms with van der Waals surface area (Å²) in [6.45, 7) is 1.98. The standard InChI is InChI=1S/C9H15NO3/c1-6(11)2-9(13)10-5-7-3-8(12)4-7/h7-8,12H,2-5H2,1H3,(H,10,13). The molecule has 1 rings (SSSR count). The lowest BCUT2D eigenvalue weighted by atomic mass is 9.82. The van der Waals surface area contributed by atoms with Gasteiger partial charge < -0.3 is 10.4 Å². The molecule has 0 saturated heterocycles. The number of hydrogen-bond acceptors (Lipinski definition) is 3. The van der Waals surface area contributed by atoms with E-state index in [1.54, 1.807) is 0 Å². The minimum atomic E-state index is -0.214. The average molecular weight is 185 g/mol. The van der Waals surface area contributed by atoms with Gasteiger partial charge in [0, 0.05) is 6.54 Å². The van der Waals surface area contributed by atoms with E-state index in [-0.39, 0.29) is 24.2 Å². The van der Waals surface area contributed by atoms with E-state index in [0.717, 1.165) is 12.8 Å². The molecule has 0 radical (unpaired) electrons. The van der Waals surface area contributed by atoms with Crippen LogP contribution in [-0.2, 0) is 9.59 Å². The molecule has 0 atom stereocenters. The second-order valence-electron chi connectivity index (χ2n) is 3.67. The number of amides is 1. The average Bonchev–Trinajstić information content (AvgIpc) is 1.94. The van der Waals surface area contributed by atoms with Gasteiger partial charge >= 0.3 is 0 Å². The Morgan fingerprint density at radius 2 is 2.08 bits per heavy atom. The summed E-state index contributed by atoms with van der Waals surface area (Å²) in [6, 6.07) is 0. The van der Waals surface area contributed by atoms with E-state index in [1.807, 2.05) is 0 Å². The van der Waals surface area contributed by atoms with Crippen molar-refractivity contribution in [1.82, 2.24) is 5.32 Å². The molecule has 1 saturated carbocycles. The smallest absolute Gasteiger partial charge is 0.227 e. The quantitative estimate of drug-likeness (QED) is 0.599. The maximum atomic E-state index is 11.0. The second-order valence-corrected chi connectivity index (χ2v) is 3.67. The molecule has 1 amide bonds. The number of aliphatic hydroxyl groups is 1. The zero-order chi connectivity index (χ0) is 9.84. The van der Waals surface area contributed by atoms with Gasteiger partial charge in [0.15, 0.2) is 0 Å². The van der Waals surface area contributed by atoms with Crippen LogP contribution in [0.15, 0.2) is 0 Å². The third-order valence-corrected chi connectivity index (χ3v) is 2.21. The molecule has 1 fully saturated rings. The van der Waals surface area contributed by atoms with Gasteiger partial charge in [0.05, 0.1) is 12.5 Å². The number of aliphatic hydroxyl groups excluding tert-OH is 1. The molecule has 4 nitrogen and oxygen atoms in total. The van der Waals surface area contributed by atoms with E-state index in [0.29, 0.717) is 12.5 Å². The zero-order valence-corrected chi connectivity index (χ0v) is 7.75. The van der Waals surface area contributed by atoms with Gasteiger partial charge in [-0.3, -0.25) is 9.59 Å². The van der Waals surface area contributed by atoms with Crippen molar-refractivity contribution in [3.05, 3.63) is 0 Å². The highest BCUT2D eigenvalue weighted by Crippen LogP contribution is 2.25. The molecule has 0 heterocycles. The van der Waals surface area contributed by atoms with E-state index in [9.17, 15) is 9.59 Å². The molecule has 0 spiro atoms. The minimum absolute atomic E-state index is 0.0325. The van der Waals surface area contributed by atoms with Gasteiger partial charge in [-0.2, -0.15) is 0 Å². The first-order valence-corrected chi connectivity index (χ1v) is 4.52. The van der Waals surface area contributed by atoms with Gasteiger partial charge in [-0.15, -0.1) is 0 Å². The summed E-state index contributed by atoms with van der Waals surface area (Å²) >= 11 is 0. The van der Waals surface area contributed by atoms with E-state index in [4.69, 9.17) is 5.11 Å². The van der Waals surface area contributed by atoms with Gasteiger partial charge in [0.25, 0.3) is 0 Å². The van der Waals surface area contributed by atoms with Gasteiger partial charge in [0.1, 0.15) is 5.78 Å². The van der Waals surface area contributed by atoms with Crippen molar-refractivity contribution in [2.45, 2.75) is 32.3 Å². The Bertz CT molecular complexity index is 209. The summed E-state index contributed by atoms with van der Waals surface area (Å²) in [7, 11) is 0. The van der Waals surface area contributed by atoms with Crippen molar-refractivity contribution in [2.24, 2.45) is 5.92 Å². The molecule has 13 heavy (non-hydrogen) atoms. The molecule has 0 bridgehead atoms. The van der Waals surface area contributed by atoms with Crippen LogP contribution in [0.25, 0.3) is 0 Å². The van der Waals surface area contributed by atoms with Gasteiger partial charge in [-0.1, -0.05) is 0 Å². The number of rotatable bonds is 4. The Kier molecular flexibility index (Phi) is 3.42. The van der Waals surface area contributed by atoms with E-state index >= 15 is 0 Å². The molecular weight excluding hydrogens is 170 g/mol. The summed E-state index contributed by atoms with van der Waals surface area (Å²) in [5.41, 5.74) is 0. The fourth-order valence-corrected chi connectivity index (χ4v) is 1.41. The van der Waals surface area contributed by atoms with Crippen LogP contribution in [0.2, 0.25) is 0 Å². The highest BCUT2D eigenvalue weighted by molar-refractivity contribution is 5.96. The number of hydrogen-bond donors (Lipinski definition) is 2. The topological polar surface area (TPSA) is 66.4 Å². The fourth-order valence-electron chi connectivity index (χ4n) is 1.41. The van der Waals surface area contributed by atoms with Crippen molar-refractivity contribution >= 4 is 11.7 Å². The predicted molar refractivity (Wildman–Crippen MR) is 47.0 cm³/mol.